The summed E-state index contributed by atoms with van der Waals surface area (Å²) in [6, 6.07) is 3.97. The fourth-order valence-corrected chi connectivity index (χ4v) is 3.62. The van der Waals surface area contributed by atoms with Gasteiger partial charge in [-0.25, -0.2) is 8.42 Å². The van der Waals surface area contributed by atoms with E-state index in [-0.39, 0.29) is 29.8 Å². The van der Waals surface area contributed by atoms with Crippen LogP contribution in [-0.2, 0) is 14.8 Å². The lowest BCUT2D eigenvalue weighted by Crippen LogP contribution is -2.44. The molecule has 0 saturated carbocycles. The summed E-state index contributed by atoms with van der Waals surface area (Å²) in [6.45, 7) is 4.21. The molecule has 0 radical (unpaired) electrons. The second-order valence-corrected chi connectivity index (χ2v) is 6.69. The summed E-state index contributed by atoms with van der Waals surface area (Å²) in [5.41, 5.74) is 0.247. The van der Waals surface area contributed by atoms with Crippen LogP contribution in [0.2, 0.25) is 0 Å². The van der Waals surface area contributed by atoms with Crippen molar-refractivity contribution in [1.82, 2.24) is 4.31 Å². The van der Waals surface area contributed by atoms with E-state index in [0.717, 1.165) is 6.07 Å². The van der Waals surface area contributed by atoms with Gasteiger partial charge in [0.2, 0.25) is 10.0 Å². The summed E-state index contributed by atoms with van der Waals surface area (Å²) in [6.07, 6.45) is -0.182. The topological polar surface area (TPSA) is 89.8 Å². The van der Waals surface area contributed by atoms with Crippen LogP contribution in [0, 0.1) is 17.0 Å². The number of hydrogen-bond donors (Lipinski definition) is 0. The minimum absolute atomic E-state index is 0.0519. The predicted octanol–water partition coefficient (Wildman–Crippen LogP) is 1.31. The molecule has 1 unspecified atom stereocenters. The molecule has 8 heteroatoms. The van der Waals surface area contributed by atoms with Crippen molar-refractivity contribution in [2.45, 2.75) is 24.8 Å². The van der Waals surface area contributed by atoms with E-state index in [9.17, 15) is 18.5 Å². The molecule has 110 valence electrons. The lowest BCUT2D eigenvalue weighted by atomic mass is 10.2. The Balaban J connectivity index is 2.39. The summed E-state index contributed by atoms with van der Waals surface area (Å²) >= 11 is 0. The average molecular weight is 300 g/mol. The highest BCUT2D eigenvalue weighted by Crippen LogP contribution is 2.25. The maximum Gasteiger partial charge on any atom is 0.273 e. The third kappa shape index (κ3) is 2.82. The molecule has 0 amide bonds. The molecule has 1 atom stereocenters. The molecule has 1 saturated heterocycles. The quantitative estimate of drug-likeness (QED) is 0.620. The number of rotatable bonds is 3. The normalized spacial score (nSPS) is 20.8. The Labute approximate surface area is 117 Å². The summed E-state index contributed by atoms with van der Waals surface area (Å²) in [7, 11) is -3.72. The van der Waals surface area contributed by atoms with E-state index in [4.69, 9.17) is 4.74 Å². The van der Waals surface area contributed by atoms with E-state index in [0.29, 0.717) is 12.2 Å². The molecule has 1 fully saturated rings. The van der Waals surface area contributed by atoms with Gasteiger partial charge in [-0.1, -0.05) is 6.07 Å². The molecule has 1 aromatic rings. The Morgan fingerprint density at radius 1 is 1.45 bits per heavy atom. The van der Waals surface area contributed by atoms with Crippen LogP contribution in [0.15, 0.2) is 23.1 Å². The van der Waals surface area contributed by atoms with Gasteiger partial charge >= 0.3 is 0 Å². The van der Waals surface area contributed by atoms with Crippen molar-refractivity contribution in [3.05, 3.63) is 33.9 Å². The number of nitro benzene ring substituents is 1. The zero-order chi connectivity index (χ0) is 14.9. The molecule has 20 heavy (non-hydrogen) atoms. The second-order valence-electron chi connectivity index (χ2n) is 4.75. The standard InChI is InChI=1S/C12H16N2O5S/c1-9-3-4-11(7-12(9)14(15)16)20(17,18)13-5-6-19-10(2)8-13/h3-4,7,10H,5-6,8H2,1-2H3. The number of nitro groups is 1. The largest absolute Gasteiger partial charge is 0.376 e. The van der Waals surface area contributed by atoms with E-state index in [1.54, 1.807) is 13.8 Å². The maximum absolute atomic E-state index is 12.5. The maximum atomic E-state index is 12.5. The molecule has 0 spiro atoms. The van der Waals surface area contributed by atoms with Gasteiger partial charge in [-0.05, 0) is 19.9 Å². The lowest BCUT2D eigenvalue weighted by molar-refractivity contribution is -0.385. The fourth-order valence-electron chi connectivity index (χ4n) is 2.10. The van der Waals surface area contributed by atoms with Crippen LogP contribution in [0.3, 0.4) is 0 Å². The van der Waals surface area contributed by atoms with E-state index >= 15 is 0 Å². The zero-order valence-electron chi connectivity index (χ0n) is 11.3. The zero-order valence-corrected chi connectivity index (χ0v) is 12.1. The number of benzene rings is 1. The third-order valence-corrected chi connectivity index (χ3v) is 5.08. The van der Waals surface area contributed by atoms with Gasteiger partial charge < -0.3 is 4.74 Å². The Hall–Kier alpha value is -1.51. The molecule has 1 aromatic carbocycles. The van der Waals surface area contributed by atoms with Gasteiger partial charge in [-0.2, -0.15) is 4.31 Å². The van der Waals surface area contributed by atoms with Gasteiger partial charge in [0.15, 0.2) is 0 Å². The van der Waals surface area contributed by atoms with Gasteiger partial charge in [0.05, 0.1) is 22.5 Å². The average Bonchev–Trinajstić information content (AvgIpc) is 2.38. The molecule has 0 aromatic heterocycles. The van der Waals surface area contributed by atoms with Crippen LogP contribution in [0.25, 0.3) is 0 Å². The van der Waals surface area contributed by atoms with Crippen molar-refractivity contribution >= 4 is 15.7 Å². The molecule has 0 N–H and O–H groups in total. The van der Waals surface area contributed by atoms with Gasteiger partial charge in [-0.3, -0.25) is 10.1 Å². The first kappa shape index (κ1) is 14.9. The molecule has 2 rings (SSSR count). The van der Waals surface area contributed by atoms with Gasteiger partial charge in [-0.15, -0.1) is 0 Å². The lowest BCUT2D eigenvalue weighted by Gasteiger charge is -2.30. The van der Waals surface area contributed by atoms with Crippen molar-refractivity contribution in [3.63, 3.8) is 0 Å². The number of morpholine rings is 1. The van der Waals surface area contributed by atoms with Gasteiger partial charge in [0.1, 0.15) is 0 Å². The monoisotopic (exact) mass is 300 g/mol. The van der Waals surface area contributed by atoms with Crippen molar-refractivity contribution in [2.24, 2.45) is 0 Å². The van der Waals surface area contributed by atoms with Gasteiger partial charge in [0.25, 0.3) is 5.69 Å². The molecule has 1 aliphatic heterocycles. The van der Waals surface area contributed by atoms with Crippen molar-refractivity contribution < 1.29 is 18.1 Å². The van der Waals surface area contributed by atoms with E-state index < -0.39 is 14.9 Å². The SMILES string of the molecule is Cc1ccc(S(=O)(=O)N2CCOC(C)C2)cc1[N+](=O)[O-]. The molecule has 1 aliphatic rings. The molecule has 0 aliphatic carbocycles. The van der Waals surface area contributed by atoms with Crippen LogP contribution in [0.5, 0.6) is 0 Å². The van der Waals surface area contributed by atoms with Crippen LogP contribution >= 0.6 is 0 Å². The third-order valence-electron chi connectivity index (χ3n) is 3.22. The minimum atomic E-state index is -3.72. The van der Waals surface area contributed by atoms with Crippen LogP contribution in [0.1, 0.15) is 12.5 Å². The number of nitrogens with zero attached hydrogens (tertiary/aromatic N) is 2. The first-order valence-corrected chi connectivity index (χ1v) is 7.63. The summed E-state index contributed by atoms with van der Waals surface area (Å²) in [5, 5.41) is 10.9. The fraction of sp³-hybridized carbons (Fsp3) is 0.500. The first-order chi connectivity index (χ1) is 9.32. The smallest absolute Gasteiger partial charge is 0.273 e. The Morgan fingerprint density at radius 2 is 2.15 bits per heavy atom. The van der Waals surface area contributed by atoms with Crippen molar-refractivity contribution in [1.29, 1.82) is 0 Å². The van der Waals surface area contributed by atoms with Crippen LogP contribution in [-0.4, -0.2) is 43.4 Å². The van der Waals surface area contributed by atoms with Crippen LogP contribution < -0.4 is 0 Å². The van der Waals surface area contributed by atoms with E-state index in [1.165, 1.54) is 16.4 Å². The van der Waals surface area contributed by atoms with E-state index in [2.05, 4.69) is 0 Å². The molecule has 0 bridgehead atoms. The van der Waals surface area contributed by atoms with Crippen LogP contribution in [0.4, 0.5) is 5.69 Å². The first-order valence-electron chi connectivity index (χ1n) is 6.19. The summed E-state index contributed by atoms with van der Waals surface area (Å²) in [5.74, 6) is 0. The van der Waals surface area contributed by atoms with Gasteiger partial charge in [0, 0.05) is 24.7 Å². The highest BCUT2D eigenvalue weighted by molar-refractivity contribution is 7.89. The summed E-state index contributed by atoms with van der Waals surface area (Å²) < 4.78 is 31.5. The number of sulfonamides is 1. The van der Waals surface area contributed by atoms with Crippen molar-refractivity contribution in [3.8, 4) is 0 Å². The second kappa shape index (κ2) is 5.47. The molecule has 7 nitrogen and oxygen atoms in total. The molecule has 1 heterocycles. The molecular weight excluding hydrogens is 284 g/mol. The Morgan fingerprint density at radius 3 is 2.75 bits per heavy atom. The number of aryl methyl sites for hydroxylation is 1. The molecular formula is C12H16N2O5S. The number of hydrogen-bond acceptors (Lipinski definition) is 5. The Bertz CT molecular complexity index is 629. The highest BCUT2D eigenvalue weighted by Gasteiger charge is 2.30. The predicted molar refractivity (Wildman–Crippen MR) is 72.0 cm³/mol. The minimum Gasteiger partial charge on any atom is -0.376 e. The number of ether oxygens (including phenoxy) is 1. The Kier molecular flexibility index (Phi) is 4.07. The van der Waals surface area contributed by atoms with Crippen molar-refractivity contribution in [2.75, 3.05) is 19.7 Å². The summed E-state index contributed by atoms with van der Waals surface area (Å²) in [4.78, 5) is 10.3. The highest BCUT2D eigenvalue weighted by atomic mass is 32.2. The van der Waals surface area contributed by atoms with E-state index in [1.807, 2.05) is 0 Å².